The van der Waals surface area contributed by atoms with Crippen molar-refractivity contribution in [3.05, 3.63) is 29.8 Å². The predicted molar refractivity (Wildman–Crippen MR) is 53.4 cm³/mol. The second-order valence-corrected chi connectivity index (χ2v) is 4.01. The van der Waals surface area contributed by atoms with Gasteiger partial charge in [-0.1, -0.05) is 0 Å². The normalized spacial score (nSPS) is 11.6. The van der Waals surface area contributed by atoms with Crippen LogP contribution in [0, 0.1) is 11.6 Å². The van der Waals surface area contributed by atoms with Crippen molar-refractivity contribution in [1.82, 2.24) is 0 Å². The number of halogens is 5. The third-order valence-electron chi connectivity index (χ3n) is 1.62. The number of anilines is 1. The van der Waals surface area contributed by atoms with Gasteiger partial charge in [0.25, 0.3) is 0 Å². The first-order valence-electron chi connectivity index (χ1n) is 4.28. The fraction of sp³-hybridized carbons (Fsp3) is 0.333. The van der Waals surface area contributed by atoms with E-state index in [4.69, 9.17) is 0 Å². The van der Waals surface area contributed by atoms with Gasteiger partial charge in [-0.25, -0.2) is 8.78 Å². The molecule has 0 aliphatic heterocycles. The van der Waals surface area contributed by atoms with Crippen LogP contribution in [0.2, 0.25) is 0 Å². The standard InChI is InChI=1S/C9H8F5NS/c10-7-2-1-6(5-8(7)11)15-3-4-16-9(12,13)14/h1-2,5,15H,3-4H2. The molecule has 0 saturated heterocycles. The van der Waals surface area contributed by atoms with Crippen molar-refractivity contribution < 1.29 is 22.0 Å². The van der Waals surface area contributed by atoms with Crippen LogP contribution in [-0.2, 0) is 0 Å². The van der Waals surface area contributed by atoms with Gasteiger partial charge in [0.05, 0.1) is 0 Å². The molecule has 1 rings (SSSR count). The van der Waals surface area contributed by atoms with E-state index in [-0.39, 0.29) is 29.7 Å². The molecule has 0 amide bonds. The van der Waals surface area contributed by atoms with Crippen molar-refractivity contribution in [2.75, 3.05) is 17.6 Å². The number of hydrogen-bond acceptors (Lipinski definition) is 2. The van der Waals surface area contributed by atoms with Crippen LogP contribution in [0.1, 0.15) is 0 Å². The number of benzene rings is 1. The van der Waals surface area contributed by atoms with Crippen LogP contribution in [0.4, 0.5) is 27.6 Å². The average Bonchev–Trinajstić information content (AvgIpc) is 2.17. The minimum atomic E-state index is -4.27. The lowest BCUT2D eigenvalue weighted by molar-refractivity contribution is -0.0327. The van der Waals surface area contributed by atoms with Gasteiger partial charge in [0.15, 0.2) is 11.6 Å². The van der Waals surface area contributed by atoms with E-state index in [0.29, 0.717) is 0 Å². The molecule has 1 nitrogen and oxygen atoms in total. The molecule has 0 bridgehead atoms. The van der Waals surface area contributed by atoms with Gasteiger partial charge in [0.1, 0.15) is 0 Å². The van der Waals surface area contributed by atoms with Crippen LogP contribution in [0.5, 0.6) is 0 Å². The van der Waals surface area contributed by atoms with Crippen molar-refractivity contribution in [2.24, 2.45) is 0 Å². The molecule has 0 aliphatic carbocycles. The third-order valence-corrected chi connectivity index (χ3v) is 2.35. The maximum atomic E-state index is 12.7. The van der Waals surface area contributed by atoms with E-state index in [2.05, 4.69) is 5.32 Å². The molecular formula is C9H8F5NS. The van der Waals surface area contributed by atoms with Gasteiger partial charge >= 0.3 is 5.51 Å². The first kappa shape index (κ1) is 13.1. The van der Waals surface area contributed by atoms with Crippen molar-refractivity contribution in [1.29, 1.82) is 0 Å². The van der Waals surface area contributed by atoms with E-state index in [9.17, 15) is 22.0 Å². The van der Waals surface area contributed by atoms with E-state index < -0.39 is 17.1 Å². The highest BCUT2D eigenvalue weighted by atomic mass is 32.2. The largest absolute Gasteiger partial charge is 0.441 e. The average molecular weight is 257 g/mol. The first-order chi connectivity index (χ1) is 7.38. The zero-order chi connectivity index (χ0) is 12.2. The highest BCUT2D eigenvalue weighted by Crippen LogP contribution is 2.29. The molecule has 1 aromatic carbocycles. The smallest absolute Gasteiger partial charge is 0.384 e. The highest BCUT2D eigenvalue weighted by Gasteiger charge is 2.27. The summed E-state index contributed by atoms with van der Waals surface area (Å²) in [6.45, 7) is 0.0231. The molecule has 0 radical (unpaired) electrons. The number of nitrogens with one attached hydrogen (secondary N) is 1. The second-order valence-electron chi connectivity index (χ2n) is 2.85. The van der Waals surface area contributed by atoms with Gasteiger partial charge in [-0.2, -0.15) is 13.2 Å². The summed E-state index contributed by atoms with van der Waals surface area (Å²) in [6.07, 6.45) is 0. The molecule has 0 heterocycles. The number of alkyl halides is 3. The van der Waals surface area contributed by atoms with Crippen LogP contribution < -0.4 is 5.32 Å². The summed E-state index contributed by atoms with van der Waals surface area (Å²) in [6, 6.07) is 3.07. The molecule has 0 spiro atoms. The van der Waals surface area contributed by atoms with Crippen LogP contribution in [0.3, 0.4) is 0 Å². The Morgan fingerprint density at radius 3 is 2.38 bits per heavy atom. The van der Waals surface area contributed by atoms with Gasteiger partial charge in [-0.15, -0.1) is 0 Å². The molecule has 0 fully saturated rings. The number of thioether (sulfide) groups is 1. The topological polar surface area (TPSA) is 12.0 Å². The molecule has 0 atom stereocenters. The zero-order valence-corrected chi connectivity index (χ0v) is 8.76. The van der Waals surface area contributed by atoms with Crippen LogP contribution >= 0.6 is 11.8 Å². The third kappa shape index (κ3) is 4.69. The maximum absolute atomic E-state index is 12.7. The lowest BCUT2D eigenvalue weighted by Gasteiger charge is -2.08. The van der Waals surface area contributed by atoms with Gasteiger partial charge in [0.2, 0.25) is 0 Å². The summed E-state index contributed by atoms with van der Waals surface area (Å²) >= 11 is -0.170. The molecule has 0 unspecified atom stereocenters. The van der Waals surface area contributed by atoms with Gasteiger partial charge < -0.3 is 5.32 Å². The summed E-state index contributed by atoms with van der Waals surface area (Å²) in [5.41, 5.74) is -4.02. The van der Waals surface area contributed by atoms with E-state index >= 15 is 0 Å². The van der Waals surface area contributed by atoms with Crippen LogP contribution in [-0.4, -0.2) is 17.8 Å². The molecule has 1 N–H and O–H groups in total. The second kappa shape index (κ2) is 5.38. The van der Waals surface area contributed by atoms with E-state index in [0.717, 1.165) is 12.1 Å². The number of rotatable bonds is 4. The zero-order valence-electron chi connectivity index (χ0n) is 7.94. The molecule has 7 heteroatoms. The Bertz CT molecular complexity index is 352. The molecule has 0 saturated carbocycles. The summed E-state index contributed by atoms with van der Waals surface area (Å²) in [5.74, 6) is -2.22. The van der Waals surface area contributed by atoms with Crippen LogP contribution in [0.15, 0.2) is 18.2 Å². The van der Waals surface area contributed by atoms with Crippen molar-refractivity contribution >= 4 is 17.4 Å². The Labute approximate surface area is 93.0 Å². The maximum Gasteiger partial charge on any atom is 0.441 e. The Balaban J connectivity index is 2.35. The molecule has 1 aromatic rings. The minimum Gasteiger partial charge on any atom is -0.384 e. The lowest BCUT2D eigenvalue weighted by Crippen LogP contribution is -2.09. The number of hydrogen-bond donors (Lipinski definition) is 1. The van der Waals surface area contributed by atoms with E-state index in [1.54, 1.807) is 0 Å². The van der Waals surface area contributed by atoms with E-state index in [1.165, 1.54) is 6.07 Å². The lowest BCUT2D eigenvalue weighted by atomic mass is 10.3. The highest BCUT2D eigenvalue weighted by molar-refractivity contribution is 8.00. The van der Waals surface area contributed by atoms with E-state index in [1.807, 2.05) is 0 Å². The molecular weight excluding hydrogens is 249 g/mol. The van der Waals surface area contributed by atoms with Crippen molar-refractivity contribution in [2.45, 2.75) is 5.51 Å². The summed E-state index contributed by atoms with van der Waals surface area (Å²) in [5, 5.41) is 2.56. The Morgan fingerprint density at radius 1 is 1.12 bits per heavy atom. The SMILES string of the molecule is Fc1ccc(NCCSC(F)(F)F)cc1F. The molecule has 16 heavy (non-hydrogen) atoms. The van der Waals surface area contributed by atoms with Crippen molar-refractivity contribution in [3.8, 4) is 0 Å². The minimum absolute atomic E-state index is 0.0231. The summed E-state index contributed by atoms with van der Waals surface area (Å²) in [7, 11) is 0. The molecule has 0 aromatic heterocycles. The Morgan fingerprint density at radius 2 is 1.81 bits per heavy atom. The quantitative estimate of drug-likeness (QED) is 0.653. The monoisotopic (exact) mass is 257 g/mol. The van der Waals surface area contributed by atoms with Gasteiger partial charge in [0, 0.05) is 18.0 Å². The Kier molecular flexibility index (Phi) is 4.40. The Hall–Kier alpha value is -0.980. The summed E-state index contributed by atoms with van der Waals surface area (Å²) < 4.78 is 60.3. The predicted octanol–water partition coefficient (Wildman–Crippen LogP) is 3.63. The fourth-order valence-electron chi connectivity index (χ4n) is 0.968. The first-order valence-corrected chi connectivity index (χ1v) is 5.26. The summed E-state index contributed by atoms with van der Waals surface area (Å²) in [4.78, 5) is 0. The van der Waals surface area contributed by atoms with Crippen molar-refractivity contribution in [3.63, 3.8) is 0 Å². The fourth-order valence-corrected chi connectivity index (χ4v) is 1.40. The molecule has 0 aliphatic rings. The van der Waals surface area contributed by atoms with Gasteiger partial charge in [-0.05, 0) is 30.0 Å². The van der Waals surface area contributed by atoms with Crippen LogP contribution in [0.25, 0.3) is 0 Å². The molecule has 90 valence electrons. The van der Waals surface area contributed by atoms with Gasteiger partial charge in [-0.3, -0.25) is 0 Å².